The smallest absolute Gasteiger partial charge is 0.226 e. The fourth-order valence-corrected chi connectivity index (χ4v) is 3.60. The Balaban J connectivity index is 0.00000192. The van der Waals surface area contributed by atoms with E-state index >= 15 is 0 Å². The van der Waals surface area contributed by atoms with Gasteiger partial charge in [0.15, 0.2) is 0 Å². The second-order valence-corrected chi connectivity index (χ2v) is 6.24. The summed E-state index contributed by atoms with van der Waals surface area (Å²) in [5.74, 6) is 2.85. The van der Waals surface area contributed by atoms with Gasteiger partial charge in [-0.1, -0.05) is 0 Å². The quantitative estimate of drug-likeness (QED) is 0.891. The van der Waals surface area contributed by atoms with Gasteiger partial charge < -0.3 is 20.1 Å². The number of ether oxygens (including phenoxy) is 2. The van der Waals surface area contributed by atoms with Crippen molar-refractivity contribution in [1.29, 1.82) is 0 Å². The molecule has 128 valence electrons. The van der Waals surface area contributed by atoms with Gasteiger partial charge in [0.25, 0.3) is 0 Å². The molecule has 1 saturated heterocycles. The molecule has 1 aliphatic heterocycles. The third kappa shape index (κ3) is 4.09. The molecular formula is C17H25ClN2O3. The van der Waals surface area contributed by atoms with Gasteiger partial charge in [-0.05, 0) is 48.9 Å². The van der Waals surface area contributed by atoms with Crippen LogP contribution in [0.5, 0.6) is 11.5 Å². The van der Waals surface area contributed by atoms with Crippen LogP contribution in [0.2, 0.25) is 0 Å². The molecular weight excluding hydrogens is 316 g/mol. The number of nitrogens with two attached hydrogens (primary N) is 1. The monoisotopic (exact) mass is 340 g/mol. The van der Waals surface area contributed by atoms with E-state index in [1.165, 1.54) is 0 Å². The summed E-state index contributed by atoms with van der Waals surface area (Å²) >= 11 is 0. The molecule has 1 aliphatic carbocycles. The highest BCUT2D eigenvalue weighted by Gasteiger charge is 2.42. The Hall–Kier alpha value is -1.46. The second kappa shape index (κ2) is 7.88. The first-order valence-corrected chi connectivity index (χ1v) is 7.97. The van der Waals surface area contributed by atoms with E-state index in [4.69, 9.17) is 15.2 Å². The summed E-state index contributed by atoms with van der Waals surface area (Å²) in [5, 5.41) is 0. The molecule has 1 amide bonds. The molecule has 1 aromatic carbocycles. The minimum Gasteiger partial charge on any atom is -0.497 e. The molecule has 2 aliphatic rings. The van der Waals surface area contributed by atoms with Crippen molar-refractivity contribution in [2.45, 2.75) is 25.3 Å². The van der Waals surface area contributed by atoms with Crippen molar-refractivity contribution >= 4 is 18.3 Å². The van der Waals surface area contributed by atoms with Crippen molar-refractivity contribution in [2.24, 2.45) is 17.6 Å². The van der Waals surface area contributed by atoms with Crippen LogP contribution < -0.4 is 15.2 Å². The van der Waals surface area contributed by atoms with Crippen LogP contribution in [0.25, 0.3) is 0 Å². The standard InChI is InChI=1S/C17H24N2O3.ClH/c1-21-13-3-5-14(6-4-13)22-9-8-17(20)19-10-12-2-7-16(18)15(12)11-19;/h3-6,12,15-16H,2,7-11,18H2,1H3;1H. The average Bonchev–Trinajstić information content (AvgIpc) is 3.10. The average molecular weight is 341 g/mol. The van der Waals surface area contributed by atoms with Crippen molar-refractivity contribution in [3.05, 3.63) is 24.3 Å². The highest BCUT2D eigenvalue weighted by molar-refractivity contribution is 5.85. The van der Waals surface area contributed by atoms with Crippen molar-refractivity contribution < 1.29 is 14.3 Å². The van der Waals surface area contributed by atoms with Gasteiger partial charge in [0.2, 0.25) is 5.91 Å². The van der Waals surface area contributed by atoms with E-state index in [0.29, 0.717) is 24.9 Å². The summed E-state index contributed by atoms with van der Waals surface area (Å²) in [7, 11) is 1.63. The van der Waals surface area contributed by atoms with Crippen molar-refractivity contribution in [3.63, 3.8) is 0 Å². The summed E-state index contributed by atoms with van der Waals surface area (Å²) in [6, 6.07) is 7.67. The number of halogens is 1. The highest BCUT2D eigenvalue weighted by Crippen LogP contribution is 2.37. The number of methoxy groups -OCH3 is 1. The molecule has 6 heteroatoms. The SMILES string of the molecule is COc1ccc(OCCC(=O)N2CC3CCC(N)C3C2)cc1.Cl. The minimum absolute atomic E-state index is 0. The molecule has 0 spiro atoms. The Morgan fingerprint density at radius 1 is 1.22 bits per heavy atom. The predicted octanol–water partition coefficient (Wildman–Crippen LogP) is 2.08. The highest BCUT2D eigenvalue weighted by atomic mass is 35.5. The lowest BCUT2D eigenvalue weighted by Gasteiger charge is -2.19. The number of likely N-dealkylation sites (tertiary alicyclic amines) is 1. The van der Waals surface area contributed by atoms with E-state index < -0.39 is 0 Å². The van der Waals surface area contributed by atoms with Crippen LogP contribution in [0.1, 0.15) is 19.3 Å². The lowest BCUT2D eigenvalue weighted by molar-refractivity contribution is -0.131. The van der Waals surface area contributed by atoms with E-state index in [1.807, 2.05) is 29.2 Å². The zero-order valence-electron chi connectivity index (χ0n) is 13.4. The van der Waals surface area contributed by atoms with Gasteiger partial charge in [0, 0.05) is 19.1 Å². The molecule has 5 nitrogen and oxygen atoms in total. The lowest BCUT2D eigenvalue weighted by Crippen LogP contribution is -2.34. The molecule has 2 fully saturated rings. The molecule has 23 heavy (non-hydrogen) atoms. The number of rotatable bonds is 5. The molecule has 0 radical (unpaired) electrons. The van der Waals surface area contributed by atoms with Gasteiger partial charge in [0.05, 0.1) is 20.1 Å². The lowest BCUT2D eigenvalue weighted by atomic mass is 9.98. The third-order valence-electron chi connectivity index (χ3n) is 4.91. The van der Waals surface area contributed by atoms with Crippen molar-refractivity contribution in [2.75, 3.05) is 26.8 Å². The molecule has 3 atom stereocenters. The normalized spacial score (nSPS) is 25.7. The summed E-state index contributed by atoms with van der Waals surface area (Å²) in [6.45, 7) is 2.11. The van der Waals surface area contributed by atoms with Crippen LogP contribution in [-0.4, -0.2) is 43.7 Å². The van der Waals surface area contributed by atoms with E-state index in [9.17, 15) is 4.79 Å². The van der Waals surface area contributed by atoms with Crippen molar-refractivity contribution in [1.82, 2.24) is 4.90 Å². The second-order valence-electron chi connectivity index (χ2n) is 6.24. The van der Waals surface area contributed by atoms with Crippen LogP contribution in [0.3, 0.4) is 0 Å². The van der Waals surface area contributed by atoms with Crippen LogP contribution >= 0.6 is 12.4 Å². The maximum atomic E-state index is 12.3. The van der Waals surface area contributed by atoms with Crippen LogP contribution in [-0.2, 0) is 4.79 Å². The maximum Gasteiger partial charge on any atom is 0.226 e. The maximum absolute atomic E-state index is 12.3. The Morgan fingerprint density at radius 2 is 1.91 bits per heavy atom. The Morgan fingerprint density at radius 3 is 2.57 bits per heavy atom. The topological polar surface area (TPSA) is 64.8 Å². The molecule has 2 N–H and O–H groups in total. The first-order chi connectivity index (χ1) is 10.7. The predicted molar refractivity (Wildman–Crippen MR) is 91.1 cm³/mol. The molecule has 3 unspecified atom stereocenters. The molecule has 1 saturated carbocycles. The Bertz CT molecular complexity index is 523. The van der Waals surface area contributed by atoms with E-state index in [2.05, 4.69) is 0 Å². The third-order valence-corrected chi connectivity index (χ3v) is 4.91. The zero-order chi connectivity index (χ0) is 15.5. The molecule has 1 aromatic rings. The first kappa shape index (κ1) is 17.9. The number of hydrogen-bond donors (Lipinski definition) is 1. The van der Waals surface area contributed by atoms with Gasteiger partial charge in [0.1, 0.15) is 11.5 Å². The van der Waals surface area contributed by atoms with Gasteiger partial charge in [-0.25, -0.2) is 0 Å². The summed E-state index contributed by atoms with van der Waals surface area (Å²) in [6.07, 6.45) is 2.69. The summed E-state index contributed by atoms with van der Waals surface area (Å²) in [5.41, 5.74) is 6.11. The van der Waals surface area contributed by atoms with E-state index in [-0.39, 0.29) is 24.4 Å². The number of fused-ring (bicyclic) bond motifs is 1. The van der Waals surface area contributed by atoms with Crippen LogP contribution in [0, 0.1) is 11.8 Å². The fraction of sp³-hybridized carbons (Fsp3) is 0.588. The van der Waals surface area contributed by atoms with Gasteiger partial charge in [-0.15, -0.1) is 12.4 Å². The number of carbonyl (C=O) groups excluding carboxylic acids is 1. The Labute approximate surface area is 143 Å². The largest absolute Gasteiger partial charge is 0.497 e. The number of amides is 1. The summed E-state index contributed by atoms with van der Waals surface area (Å²) in [4.78, 5) is 14.2. The molecule has 1 heterocycles. The Kier molecular flexibility index (Phi) is 6.13. The van der Waals surface area contributed by atoms with Gasteiger partial charge in [-0.2, -0.15) is 0 Å². The minimum atomic E-state index is 0. The number of hydrogen-bond acceptors (Lipinski definition) is 4. The van der Waals surface area contributed by atoms with Crippen LogP contribution in [0.15, 0.2) is 24.3 Å². The number of benzene rings is 1. The number of carbonyl (C=O) groups is 1. The molecule has 0 bridgehead atoms. The van der Waals surface area contributed by atoms with Crippen LogP contribution in [0.4, 0.5) is 0 Å². The van der Waals surface area contributed by atoms with Gasteiger partial charge in [-0.3, -0.25) is 4.79 Å². The summed E-state index contributed by atoms with van der Waals surface area (Å²) < 4.78 is 10.7. The first-order valence-electron chi connectivity index (χ1n) is 7.97. The van der Waals surface area contributed by atoms with Gasteiger partial charge >= 0.3 is 0 Å². The zero-order valence-corrected chi connectivity index (χ0v) is 14.3. The van der Waals surface area contributed by atoms with E-state index in [0.717, 1.165) is 37.4 Å². The molecule has 0 aromatic heterocycles. The fourth-order valence-electron chi connectivity index (χ4n) is 3.60. The van der Waals surface area contributed by atoms with E-state index in [1.54, 1.807) is 7.11 Å². The number of nitrogens with zero attached hydrogens (tertiary/aromatic N) is 1. The van der Waals surface area contributed by atoms with Crippen molar-refractivity contribution in [3.8, 4) is 11.5 Å². The molecule has 3 rings (SSSR count).